The molecule has 1 unspecified atom stereocenters. The summed E-state index contributed by atoms with van der Waals surface area (Å²) in [5.74, 6) is -1.92. The Morgan fingerprint density at radius 1 is 1.69 bits per heavy atom. The van der Waals surface area contributed by atoms with Gasteiger partial charge in [0.05, 0.1) is 12.3 Å². The quantitative estimate of drug-likeness (QED) is 0.703. The number of halogens is 1. The SMILES string of the molecule is CCC(O)CNc1ncc(F)cc1C(=O)O. The average Bonchev–Trinajstić information content (AvgIpc) is 2.26. The van der Waals surface area contributed by atoms with Crippen molar-refractivity contribution in [2.24, 2.45) is 0 Å². The fourth-order valence-electron chi connectivity index (χ4n) is 1.10. The Hall–Kier alpha value is -1.69. The number of nitrogens with one attached hydrogen (secondary N) is 1. The number of carbonyl (C=O) groups is 1. The lowest BCUT2D eigenvalue weighted by atomic mass is 10.2. The van der Waals surface area contributed by atoms with E-state index in [2.05, 4.69) is 10.3 Å². The first-order chi connectivity index (χ1) is 7.54. The molecule has 0 spiro atoms. The molecule has 1 heterocycles. The number of aromatic carboxylic acids is 1. The number of aliphatic hydroxyl groups is 1. The molecule has 16 heavy (non-hydrogen) atoms. The fourth-order valence-corrected chi connectivity index (χ4v) is 1.10. The summed E-state index contributed by atoms with van der Waals surface area (Å²) < 4.78 is 12.8. The summed E-state index contributed by atoms with van der Waals surface area (Å²) in [7, 11) is 0. The van der Waals surface area contributed by atoms with E-state index >= 15 is 0 Å². The van der Waals surface area contributed by atoms with E-state index < -0.39 is 17.9 Å². The lowest BCUT2D eigenvalue weighted by molar-refractivity contribution is 0.0696. The van der Waals surface area contributed by atoms with E-state index in [-0.39, 0.29) is 17.9 Å². The van der Waals surface area contributed by atoms with Gasteiger partial charge in [0.2, 0.25) is 0 Å². The first-order valence-electron chi connectivity index (χ1n) is 4.85. The first kappa shape index (κ1) is 12.4. The van der Waals surface area contributed by atoms with Gasteiger partial charge in [-0.05, 0) is 12.5 Å². The molecule has 1 aromatic rings. The first-order valence-corrected chi connectivity index (χ1v) is 4.85. The van der Waals surface area contributed by atoms with E-state index in [1.165, 1.54) is 0 Å². The van der Waals surface area contributed by atoms with Gasteiger partial charge in [-0.2, -0.15) is 0 Å². The van der Waals surface area contributed by atoms with E-state index in [1.54, 1.807) is 6.92 Å². The van der Waals surface area contributed by atoms with Gasteiger partial charge < -0.3 is 15.5 Å². The molecule has 0 fully saturated rings. The molecule has 0 aliphatic carbocycles. The Bertz CT molecular complexity index is 384. The summed E-state index contributed by atoms with van der Waals surface area (Å²) >= 11 is 0. The van der Waals surface area contributed by atoms with Gasteiger partial charge in [0.15, 0.2) is 0 Å². The van der Waals surface area contributed by atoms with Crippen LogP contribution in [0.3, 0.4) is 0 Å². The van der Waals surface area contributed by atoms with Gasteiger partial charge in [0.25, 0.3) is 0 Å². The van der Waals surface area contributed by atoms with E-state index in [4.69, 9.17) is 5.11 Å². The van der Waals surface area contributed by atoms with Crippen molar-refractivity contribution in [3.8, 4) is 0 Å². The molecular weight excluding hydrogens is 215 g/mol. The third-order valence-corrected chi connectivity index (χ3v) is 2.06. The number of pyridine rings is 1. The standard InChI is InChI=1S/C10H13FN2O3/c1-2-7(14)5-13-9-8(10(15)16)3-6(11)4-12-9/h3-4,7,14H,2,5H2,1H3,(H,12,13)(H,15,16). The van der Waals surface area contributed by atoms with Crippen LogP contribution in [0.25, 0.3) is 0 Å². The second kappa shape index (κ2) is 5.41. The minimum Gasteiger partial charge on any atom is -0.478 e. The number of carboxylic acid groups (broad SMARTS) is 1. The molecule has 0 amide bonds. The number of aromatic nitrogens is 1. The molecule has 3 N–H and O–H groups in total. The van der Waals surface area contributed by atoms with Gasteiger partial charge in [-0.3, -0.25) is 0 Å². The van der Waals surface area contributed by atoms with Crippen molar-refractivity contribution >= 4 is 11.8 Å². The highest BCUT2D eigenvalue weighted by Gasteiger charge is 2.13. The lowest BCUT2D eigenvalue weighted by Crippen LogP contribution is -2.20. The highest BCUT2D eigenvalue weighted by molar-refractivity contribution is 5.93. The fraction of sp³-hybridized carbons (Fsp3) is 0.400. The molecule has 0 saturated heterocycles. The van der Waals surface area contributed by atoms with Gasteiger partial charge in [0.1, 0.15) is 17.2 Å². The Balaban J connectivity index is 2.82. The number of anilines is 1. The zero-order chi connectivity index (χ0) is 12.1. The van der Waals surface area contributed by atoms with Crippen molar-refractivity contribution in [2.75, 3.05) is 11.9 Å². The zero-order valence-corrected chi connectivity index (χ0v) is 8.77. The maximum atomic E-state index is 12.8. The van der Waals surface area contributed by atoms with Crippen molar-refractivity contribution in [2.45, 2.75) is 19.4 Å². The van der Waals surface area contributed by atoms with Crippen molar-refractivity contribution in [1.82, 2.24) is 4.98 Å². The molecular formula is C10H13FN2O3. The van der Waals surface area contributed by atoms with Crippen LogP contribution < -0.4 is 5.32 Å². The van der Waals surface area contributed by atoms with E-state index in [1.807, 2.05) is 0 Å². The highest BCUT2D eigenvalue weighted by Crippen LogP contribution is 2.13. The minimum atomic E-state index is -1.26. The van der Waals surface area contributed by atoms with Crippen LogP contribution in [0.2, 0.25) is 0 Å². The number of nitrogens with zero attached hydrogens (tertiary/aromatic N) is 1. The van der Waals surface area contributed by atoms with Crippen molar-refractivity contribution in [3.63, 3.8) is 0 Å². The number of carboxylic acids is 1. The monoisotopic (exact) mass is 228 g/mol. The summed E-state index contributed by atoms with van der Waals surface area (Å²) in [6.07, 6.45) is 0.873. The van der Waals surface area contributed by atoms with Crippen LogP contribution in [0.4, 0.5) is 10.2 Å². The van der Waals surface area contributed by atoms with Gasteiger partial charge in [-0.15, -0.1) is 0 Å². The topological polar surface area (TPSA) is 82.5 Å². The molecule has 1 atom stereocenters. The largest absolute Gasteiger partial charge is 0.478 e. The Labute approximate surface area is 91.9 Å². The van der Waals surface area contributed by atoms with Crippen LogP contribution in [-0.4, -0.2) is 33.8 Å². The molecule has 5 nitrogen and oxygen atoms in total. The summed E-state index contributed by atoms with van der Waals surface area (Å²) in [6, 6.07) is 0.885. The van der Waals surface area contributed by atoms with E-state index in [0.29, 0.717) is 6.42 Å². The third kappa shape index (κ3) is 3.16. The number of rotatable bonds is 5. The number of hydrogen-bond acceptors (Lipinski definition) is 4. The summed E-state index contributed by atoms with van der Waals surface area (Å²) in [4.78, 5) is 14.4. The number of aliphatic hydroxyl groups excluding tert-OH is 1. The van der Waals surface area contributed by atoms with Crippen LogP contribution in [0.5, 0.6) is 0 Å². The Kier molecular flexibility index (Phi) is 4.19. The van der Waals surface area contributed by atoms with Crippen LogP contribution >= 0.6 is 0 Å². The molecule has 1 aromatic heterocycles. The van der Waals surface area contributed by atoms with Crippen molar-refractivity contribution < 1.29 is 19.4 Å². The smallest absolute Gasteiger partial charge is 0.339 e. The third-order valence-electron chi connectivity index (χ3n) is 2.06. The van der Waals surface area contributed by atoms with Crippen molar-refractivity contribution in [3.05, 3.63) is 23.6 Å². The van der Waals surface area contributed by atoms with Crippen molar-refractivity contribution in [1.29, 1.82) is 0 Å². The van der Waals surface area contributed by atoms with Gasteiger partial charge in [0, 0.05) is 6.54 Å². The molecule has 88 valence electrons. The van der Waals surface area contributed by atoms with Gasteiger partial charge >= 0.3 is 5.97 Å². The molecule has 0 radical (unpaired) electrons. The van der Waals surface area contributed by atoms with E-state index in [0.717, 1.165) is 12.3 Å². The molecule has 1 rings (SSSR count). The maximum Gasteiger partial charge on any atom is 0.339 e. The van der Waals surface area contributed by atoms with Crippen LogP contribution in [0, 0.1) is 5.82 Å². The normalized spacial score (nSPS) is 12.2. The Morgan fingerprint density at radius 3 is 2.94 bits per heavy atom. The lowest BCUT2D eigenvalue weighted by Gasteiger charge is -2.11. The molecule has 0 saturated carbocycles. The maximum absolute atomic E-state index is 12.8. The minimum absolute atomic E-state index is 0.0569. The van der Waals surface area contributed by atoms with Crippen LogP contribution in [0.1, 0.15) is 23.7 Å². The van der Waals surface area contributed by atoms with E-state index in [9.17, 15) is 14.3 Å². The molecule has 0 bridgehead atoms. The average molecular weight is 228 g/mol. The second-order valence-electron chi connectivity index (χ2n) is 3.30. The summed E-state index contributed by atoms with van der Waals surface area (Å²) in [5, 5.41) is 20.8. The highest BCUT2D eigenvalue weighted by atomic mass is 19.1. The number of hydrogen-bond donors (Lipinski definition) is 3. The Morgan fingerprint density at radius 2 is 2.38 bits per heavy atom. The molecule has 0 aromatic carbocycles. The summed E-state index contributed by atoms with van der Waals surface area (Å²) in [5.41, 5.74) is -0.247. The van der Waals surface area contributed by atoms with Crippen LogP contribution in [-0.2, 0) is 0 Å². The summed E-state index contributed by atoms with van der Waals surface area (Å²) in [6.45, 7) is 1.97. The predicted molar refractivity (Wildman–Crippen MR) is 55.9 cm³/mol. The van der Waals surface area contributed by atoms with Gasteiger partial charge in [-0.1, -0.05) is 6.92 Å². The van der Waals surface area contributed by atoms with Crippen LogP contribution in [0.15, 0.2) is 12.3 Å². The molecule has 0 aliphatic rings. The molecule has 6 heteroatoms. The predicted octanol–water partition coefficient (Wildman–Crippen LogP) is 1.10. The second-order valence-corrected chi connectivity index (χ2v) is 3.30. The van der Waals surface area contributed by atoms with Gasteiger partial charge in [-0.25, -0.2) is 14.2 Å². The molecule has 0 aliphatic heterocycles. The zero-order valence-electron chi connectivity index (χ0n) is 8.77.